The van der Waals surface area contributed by atoms with E-state index in [1.165, 1.54) is 65.8 Å². The van der Waals surface area contributed by atoms with Crippen molar-refractivity contribution in [3.63, 3.8) is 0 Å². The molecule has 1 amide bonds. The van der Waals surface area contributed by atoms with Crippen molar-refractivity contribution in [2.75, 3.05) is 12.3 Å². The topological polar surface area (TPSA) is 189 Å². The molecule has 196 valence electrons. The lowest BCUT2D eigenvalue weighted by Gasteiger charge is -2.16. The first-order valence-corrected chi connectivity index (χ1v) is 11.5. The van der Waals surface area contributed by atoms with Crippen LogP contribution in [0.1, 0.15) is 16.6 Å². The van der Waals surface area contributed by atoms with Crippen molar-refractivity contribution in [1.29, 1.82) is 0 Å². The van der Waals surface area contributed by atoms with Crippen LogP contribution in [0.4, 0.5) is 10.2 Å². The van der Waals surface area contributed by atoms with Gasteiger partial charge in [-0.05, 0) is 35.4 Å². The zero-order chi connectivity index (χ0) is 27.0. The number of nitrogens with zero attached hydrogens (tertiary/aromatic N) is 4. The van der Waals surface area contributed by atoms with E-state index in [1.54, 1.807) is 0 Å². The number of ether oxygens (including phenoxy) is 1. The monoisotopic (exact) mass is 522 g/mol. The molecule has 1 saturated heterocycles. The minimum Gasteiger partial charge on any atom is -0.504 e. The number of phenolic OH excluding ortho intramolecular Hbond substituents is 2. The molecule has 2 aromatic carbocycles. The molecule has 2 aromatic heterocycles. The maximum Gasteiger partial charge on any atom is 0.255 e. The zero-order valence-electron chi connectivity index (χ0n) is 19.6. The lowest BCUT2D eigenvalue weighted by molar-refractivity contribution is -0.0245. The Balaban J connectivity index is 1.25. The van der Waals surface area contributed by atoms with Gasteiger partial charge in [0.25, 0.3) is 5.91 Å². The summed E-state index contributed by atoms with van der Waals surface area (Å²) < 4.78 is 20.5. The molecule has 3 unspecified atom stereocenters. The number of carbonyl (C=O) groups is 1. The number of nitrogens with two attached hydrogens (primary N) is 1. The van der Waals surface area contributed by atoms with E-state index in [0.717, 1.165) is 0 Å². The number of aliphatic hydroxyl groups excluding tert-OH is 2. The molecule has 38 heavy (non-hydrogen) atoms. The lowest BCUT2D eigenvalue weighted by Crippen LogP contribution is -2.31. The number of imidazole rings is 1. The molecular weight excluding hydrogens is 499 g/mol. The van der Waals surface area contributed by atoms with Crippen molar-refractivity contribution in [2.45, 2.75) is 24.5 Å². The SMILES string of the molecule is Nc1ncnc2c1ncn2C1OC(C=CCNC(=O)c2cc(-c3ccc(F)cc3)cc(O)c2O)C(O)[C@H]1O. The lowest BCUT2D eigenvalue weighted by atomic mass is 10.0. The smallest absolute Gasteiger partial charge is 0.255 e. The maximum atomic E-state index is 13.2. The molecule has 0 saturated carbocycles. The number of nitrogens with one attached hydrogen (secondary N) is 1. The van der Waals surface area contributed by atoms with Gasteiger partial charge in [-0.2, -0.15) is 0 Å². The molecule has 4 aromatic rings. The van der Waals surface area contributed by atoms with Gasteiger partial charge in [-0.3, -0.25) is 9.36 Å². The molecule has 0 bridgehead atoms. The Morgan fingerprint density at radius 2 is 1.87 bits per heavy atom. The van der Waals surface area contributed by atoms with Gasteiger partial charge in [0.15, 0.2) is 29.2 Å². The molecule has 1 aliphatic rings. The molecule has 7 N–H and O–H groups in total. The van der Waals surface area contributed by atoms with Gasteiger partial charge in [-0.1, -0.05) is 24.3 Å². The second-order valence-corrected chi connectivity index (χ2v) is 8.59. The van der Waals surface area contributed by atoms with Crippen molar-refractivity contribution in [3.05, 3.63) is 72.6 Å². The average molecular weight is 522 g/mol. The van der Waals surface area contributed by atoms with E-state index in [2.05, 4.69) is 20.3 Å². The van der Waals surface area contributed by atoms with Gasteiger partial charge in [0.1, 0.15) is 36.0 Å². The van der Waals surface area contributed by atoms with Crippen LogP contribution < -0.4 is 11.1 Å². The van der Waals surface area contributed by atoms with E-state index in [0.29, 0.717) is 22.3 Å². The van der Waals surface area contributed by atoms with Crippen LogP contribution in [-0.4, -0.2) is 70.7 Å². The number of carbonyl (C=O) groups excluding carboxylic acids is 1. The molecule has 4 atom stereocenters. The summed E-state index contributed by atoms with van der Waals surface area (Å²) >= 11 is 0. The predicted molar refractivity (Wildman–Crippen MR) is 132 cm³/mol. The molecule has 3 heterocycles. The summed E-state index contributed by atoms with van der Waals surface area (Å²) in [7, 11) is 0. The largest absolute Gasteiger partial charge is 0.504 e. The van der Waals surface area contributed by atoms with Crippen LogP contribution in [0.3, 0.4) is 0 Å². The number of hydrogen-bond acceptors (Lipinski definition) is 10. The maximum absolute atomic E-state index is 13.2. The van der Waals surface area contributed by atoms with E-state index in [1.807, 2.05) is 0 Å². The van der Waals surface area contributed by atoms with Crippen LogP contribution in [0.5, 0.6) is 11.5 Å². The minimum absolute atomic E-state index is 0.0229. The molecular formula is C25H23FN6O6. The number of anilines is 1. The molecule has 0 radical (unpaired) electrons. The number of amides is 1. The highest BCUT2D eigenvalue weighted by Crippen LogP contribution is 2.35. The van der Waals surface area contributed by atoms with Gasteiger partial charge >= 0.3 is 0 Å². The fourth-order valence-corrected chi connectivity index (χ4v) is 4.18. The Morgan fingerprint density at radius 3 is 2.63 bits per heavy atom. The van der Waals surface area contributed by atoms with E-state index < -0.39 is 47.8 Å². The third kappa shape index (κ3) is 4.61. The number of benzene rings is 2. The predicted octanol–water partition coefficient (Wildman–Crippen LogP) is 1.23. The van der Waals surface area contributed by atoms with Crippen molar-refractivity contribution < 1.29 is 34.3 Å². The normalized spacial score (nSPS) is 21.3. The summed E-state index contributed by atoms with van der Waals surface area (Å²) in [6.07, 6.45) is 1.12. The fourth-order valence-electron chi connectivity index (χ4n) is 4.18. The number of fused-ring (bicyclic) bond motifs is 1. The summed E-state index contributed by atoms with van der Waals surface area (Å²) in [6, 6.07) is 8.08. The van der Waals surface area contributed by atoms with E-state index in [-0.39, 0.29) is 17.9 Å². The van der Waals surface area contributed by atoms with Crippen molar-refractivity contribution in [3.8, 4) is 22.6 Å². The summed E-state index contributed by atoms with van der Waals surface area (Å²) in [5.74, 6) is -2.06. The third-order valence-electron chi connectivity index (χ3n) is 6.15. The molecule has 13 heteroatoms. The van der Waals surface area contributed by atoms with Crippen LogP contribution in [0.15, 0.2) is 61.2 Å². The molecule has 5 rings (SSSR count). The summed E-state index contributed by atoms with van der Waals surface area (Å²) in [5, 5.41) is 43.9. The molecule has 12 nitrogen and oxygen atoms in total. The number of aliphatic hydroxyl groups is 2. The summed E-state index contributed by atoms with van der Waals surface area (Å²) in [5.41, 5.74) is 7.22. The summed E-state index contributed by atoms with van der Waals surface area (Å²) in [4.78, 5) is 24.8. The van der Waals surface area contributed by atoms with Gasteiger partial charge in [-0.15, -0.1) is 0 Å². The van der Waals surface area contributed by atoms with Gasteiger partial charge in [0.05, 0.1) is 11.9 Å². The number of hydrogen-bond donors (Lipinski definition) is 6. The van der Waals surface area contributed by atoms with Gasteiger partial charge < -0.3 is 36.2 Å². The number of aromatic hydroxyl groups is 2. The van der Waals surface area contributed by atoms with E-state index in [9.17, 15) is 29.6 Å². The van der Waals surface area contributed by atoms with Gasteiger partial charge in [0, 0.05) is 6.54 Å². The second kappa shape index (κ2) is 10.0. The highest BCUT2D eigenvalue weighted by atomic mass is 19.1. The summed E-state index contributed by atoms with van der Waals surface area (Å²) in [6.45, 7) is -0.0229. The van der Waals surface area contributed by atoms with Crippen LogP contribution >= 0.6 is 0 Å². The van der Waals surface area contributed by atoms with Crippen LogP contribution in [0.25, 0.3) is 22.3 Å². The van der Waals surface area contributed by atoms with Gasteiger partial charge in [0.2, 0.25) is 0 Å². The van der Waals surface area contributed by atoms with Crippen molar-refractivity contribution in [1.82, 2.24) is 24.8 Å². The van der Waals surface area contributed by atoms with Crippen LogP contribution in [0, 0.1) is 5.82 Å². The molecule has 1 aliphatic heterocycles. The first kappa shape index (κ1) is 25.1. The number of nitrogen functional groups attached to an aromatic ring is 1. The highest BCUT2D eigenvalue weighted by Gasteiger charge is 2.43. The van der Waals surface area contributed by atoms with Crippen LogP contribution in [-0.2, 0) is 4.74 Å². The molecule has 1 fully saturated rings. The number of phenols is 2. The minimum atomic E-state index is -1.30. The fraction of sp³-hybridized carbons (Fsp3) is 0.200. The first-order valence-electron chi connectivity index (χ1n) is 11.5. The first-order chi connectivity index (χ1) is 18.2. The average Bonchev–Trinajstić information content (AvgIpc) is 3.45. The Kier molecular flexibility index (Phi) is 6.63. The quantitative estimate of drug-likeness (QED) is 0.159. The number of aromatic nitrogens is 4. The highest BCUT2D eigenvalue weighted by molar-refractivity contribution is 5.99. The standard InChI is InChI=1S/C25H23FN6O6/c26-14-5-3-12(4-6-14)13-8-15(19(34)16(33)9-13)24(37)28-7-1-2-17-20(35)21(36)25(38-17)32-11-31-18-22(27)29-10-30-23(18)32/h1-6,8-11,17,20-21,25,33-36H,7H2,(H,28,37)(H2,27,29,30)/t17?,20?,21-,25?/m1/s1. The Labute approximate surface area is 214 Å². The molecule has 0 aliphatic carbocycles. The Morgan fingerprint density at radius 1 is 1.11 bits per heavy atom. The zero-order valence-corrected chi connectivity index (χ0v) is 19.6. The Bertz CT molecular complexity index is 1530. The Hall–Kier alpha value is -4.59. The number of rotatable bonds is 6. The van der Waals surface area contributed by atoms with Crippen molar-refractivity contribution >= 4 is 22.9 Å². The van der Waals surface area contributed by atoms with E-state index >= 15 is 0 Å². The van der Waals surface area contributed by atoms with Crippen molar-refractivity contribution in [2.24, 2.45) is 0 Å². The second-order valence-electron chi connectivity index (χ2n) is 8.59. The van der Waals surface area contributed by atoms with E-state index in [4.69, 9.17) is 10.5 Å². The molecule has 0 spiro atoms. The third-order valence-corrected chi connectivity index (χ3v) is 6.15. The van der Waals surface area contributed by atoms with Gasteiger partial charge in [-0.25, -0.2) is 19.3 Å². The number of halogens is 1. The van der Waals surface area contributed by atoms with Crippen LogP contribution in [0.2, 0.25) is 0 Å².